The van der Waals surface area contributed by atoms with Gasteiger partial charge < -0.3 is 25.5 Å². The van der Waals surface area contributed by atoms with Gasteiger partial charge in [0.15, 0.2) is 0 Å². The van der Waals surface area contributed by atoms with E-state index in [4.69, 9.17) is 20.0 Å². The van der Waals surface area contributed by atoms with Crippen molar-refractivity contribution in [2.24, 2.45) is 11.7 Å². The molecule has 1 rings (SSSR count). The smallest absolute Gasteiger partial charge is 0.417 e. The number of hydrogen-bond donors (Lipinski definition) is 1. The number of anilines is 1. The van der Waals surface area contributed by atoms with Crippen molar-refractivity contribution in [1.82, 2.24) is 0 Å². The summed E-state index contributed by atoms with van der Waals surface area (Å²) in [5, 5.41) is 0. The number of esters is 1. The molecule has 0 aromatic heterocycles. The van der Waals surface area contributed by atoms with Gasteiger partial charge in [-0.3, -0.25) is 9.69 Å². The molecule has 9 heteroatoms. The molecule has 0 aliphatic heterocycles. The average molecular weight is 566 g/mol. The van der Waals surface area contributed by atoms with Crippen molar-refractivity contribution in [1.29, 1.82) is 0 Å². The Morgan fingerprint density at radius 2 is 1.68 bits per heavy atom. The SMILES string of the molecule is CCC.C[N-]OCc1ccc(N(C)C(=O)OC(OC(=O)CN)C(C)C)cc1.[W]. The molecule has 1 aromatic carbocycles. The molecule has 0 aliphatic carbocycles. The molecule has 160 valence electrons. The Hall–Kier alpha value is -1.47. The van der Waals surface area contributed by atoms with Gasteiger partial charge in [-0.2, -0.15) is 0 Å². The van der Waals surface area contributed by atoms with Gasteiger partial charge in [0, 0.05) is 39.7 Å². The zero-order valence-corrected chi connectivity index (χ0v) is 20.4. The third-order valence-corrected chi connectivity index (χ3v) is 3.13. The summed E-state index contributed by atoms with van der Waals surface area (Å²) in [6.07, 6.45) is -0.374. The Morgan fingerprint density at radius 3 is 2.11 bits per heavy atom. The maximum Gasteiger partial charge on any atom is 0.417 e. The molecule has 2 N–H and O–H groups in total. The second-order valence-electron chi connectivity index (χ2n) is 6.08. The second-order valence-corrected chi connectivity index (χ2v) is 6.08. The quantitative estimate of drug-likeness (QED) is 0.293. The van der Waals surface area contributed by atoms with E-state index in [-0.39, 0.29) is 33.5 Å². The fourth-order valence-electron chi connectivity index (χ4n) is 1.71. The van der Waals surface area contributed by atoms with Gasteiger partial charge in [-0.25, -0.2) is 4.79 Å². The number of ether oxygens (including phenoxy) is 2. The van der Waals surface area contributed by atoms with Crippen LogP contribution in [0.4, 0.5) is 10.5 Å². The van der Waals surface area contributed by atoms with Crippen LogP contribution in [0.5, 0.6) is 0 Å². The number of carbonyl (C=O) groups excluding carboxylic acids is 2. The standard InChI is InChI=1S/C16H24N3O5.C3H8.W/c1-11(2)15(23-14(20)9-17)24-16(21)19(4)13-7-5-12(6-8-13)10-22-18-3;1-3-2;/h5-8,11,15H,9-10,17H2,1-4H3;3H2,1-2H3;/q-1;;. The van der Waals surface area contributed by atoms with Gasteiger partial charge in [-0.15, -0.1) is 7.05 Å². The Labute approximate surface area is 182 Å². The molecular weight excluding hydrogens is 534 g/mol. The number of hydrogen-bond acceptors (Lipinski definition) is 6. The van der Waals surface area contributed by atoms with Crippen LogP contribution in [-0.2, 0) is 46.8 Å². The molecule has 8 nitrogen and oxygen atoms in total. The van der Waals surface area contributed by atoms with E-state index in [0.717, 1.165) is 5.56 Å². The van der Waals surface area contributed by atoms with Crippen molar-refractivity contribution < 1.29 is 45.0 Å². The monoisotopic (exact) mass is 566 g/mol. The molecule has 1 unspecified atom stereocenters. The van der Waals surface area contributed by atoms with Crippen LogP contribution in [0, 0.1) is 5.92 Å². The molecule has 0 radical (unpaired) electrons. The Morgan fingerprint density at radius 1 is 1.14 bits per heavy atom. The van der Waals surface area contributed by atoms with E-state index < -0.39 is 18.4 Å². The number of rotatable bonds is 8. The minimum absolute atomic E-state index is 0. The number of hydroxylamine groups is 1. The summed E-state index contributed by atoms with van der Waals surface area (Å²) in [7, 11) is 3.12. The minimum atomic E-state index is -0.991. The molecule has 0 aliphatic rings. The number of benzene rings is 1. The zero-order valence-electron chi connectivity index (χ0n) is 17.5. The second kappa shape index (κ2) is 16.5. The Bertz CT molecular complexity index is 555. The first-order valence-corrected chi connectivity index (χ1v) is 8.94. The van der Waals surface area contributed by atoms with Crippen LogP contribution in [-0.4, -0.2) is 39.0 Å². The molecule has 0 spiro atoms. The van der Waals surface area contributed by atoms with Crippen LogP contribution in [0.25, 0.3) is 5.48 Å². The maximum atomic E-state index is 12.2. The summed E-state index contributed by atoms with van der Waals surface area (Å²) < 4.78 is 10.3. The predicted octanol–water partition coefficient (Wildman–Crippen LogP) is 3.59. The number of nitrogens with two attached hydrogens (primary N) is 1. The van der Waals surface area contributed by atoms with E-state index >= 15 is 0 Å². The van der Waals surface area contributed by atoms with Gasteiger partial charge in [-0.1, -0.05) is 46.2 Å². The summed E-state index contributed by atoms with van der Waals surface area (Å²) in [6.45, 7) is 7.88. The first kappa shape index (κ1) is 28.7. The minimum Gasteiger partial charge on any atom is -0.537 e. The van der Waals surface area contributed by atoms with Crippen LogP contribution < -0.4 is 10.6 Å². The predicted molar refractivity (Wildman–Crippen MR) is 105 cm³/mol. The van der Waals surface area contributed by atoms with E-state index in [0.29, 0.717) is 12.3 Å². The van der Waals surface area contributed by atoms with Crippen LogP contribution in [0.2, 0.25) is 0 Å². The molecule has 1 aromatic rings. The van der Waals surface area contributed by atoms with Gasteiger partial charge in [0.25, 0.3) is 6.29 Å². The normalized spacial score (nSPS) is 10.9. The number of amides is 1. The molecule has 0 saturated carbocycles. The van der Waals surface area contributed by atoms with Crippen molar-refractivity contribution in [3.63, 3.8) is 0 Å². The molecule has 0 saturated heterocycles. The maximum absolute atomic E-state index is 12.2. The fourth-order valence-corrected chi connectivity index (χ4v) is 1.71. The third kappa shape index (κ3) is 11.4. The molecule has 0 fully saturated rings. The van der Waals surface area contributed by atoms with E-state index in [1.54, 1.807) is 40.1 Å². The molecular formula is C19H32N3O5W-. The van der Waals surface area contributed by atoms with Gasteiger partial charge in [0.2, 0.25) is 0 Å². The van der Waals surface area contributed by atoms with Gasteiger partial charge in [0.05, 0.1) is 13.2 Å². The molecule has 1 amide bonds. The number of carbonyl (C=O) groups is 2. The topological polar surface area (TPSA) is 105 Å². The summed E-state index contributed by atoms with van der Waals surface area (Å²) in [5.74, 6) is -0.829. The molecule has 0 heterocycles. The first-order valence-electron chi connectivity index (χ1n) is 8.94. The van der Waals surface area contributed by atoms with Gasteiger partial charge in [-0.05, 0) is 17.7 Å². The summed E-state index contributed by atoms with van der Waals surface area (Å²) in [6, 6.07) is 7.15. The van der Waals surface area contributed by atoms with Crippen LogP contribution >= 0.6 is 0 Å². The van der Waals surface area contributed by atoms with E-state index in [1.807, 2.05) is 12.1 Å². The molecule has 1 atom stereocenters. The van der Waals surface area contributed by atoms with E-state index in [9.17, 15) is 9.59 Å². The van der Waals surface area contributed by atoms with E-state index in [1.165, 1.54) is 11.3 Å². The largest absolute Gasteiger partial charge is 0.537 e. The van der Waals surface area contributed by atoms with Crippen molar-refractivity contribution in [2.45, 2.75) is 47.0 Å². The van der Waals surface area contributed by atoms with Crippen molar-refractivity contribution in [3.05, 3.63) is 35.3 Å². The van der Waals surface area contributed by atoms with Crippen LogP contribution in [0.3, 0.4) is 0 Å². The van der Waals surface area contributed by atoms with Gasteiger partial charge >= 0.3 is 12.1 Å². The van der Waals surface area contributed by atoms with Crippen molar-refractivity contribution in [3.8, 4) is 0 Å². The van der Waals surface area contributed by atoms with Crippen molar-refractivity contribution >= 4 is 17.7 Å². The molecule has 0 bridgehead atoms. The zero-order chi connectivity index (χ0) is 20.8. The number of nitrogens with zero attached hydrogens (tertiary/aromatic N) is 2. The fraction of sp³-hybridized carbons (Fsp3) is 0.579. The first-order chi connectivity index (χ1) is 12.8. The Kier molecular flexibility index (Phi) is 16.9. The van der Waals surface area contributed by atoms with Gasteiger partial charge in [0.1, 0.15) is 0 Å². The van der Waals surface area contributed by atoms with Crippen molar-refractivity contribution in [2.75, 3.05) is 25.5 Å². The van der Waals surface area contributed by atoms with Crippen LogP contribution in [0.1, 0.15) is 39.7 Å². The molecule has 28 heavy (non-hydrogen) atoms. The summed E-state index contributed by atoms with van der Waals surface area (Å²) in [4.78, 5) is 29.8. The summed E-state index contributed by atoms with van der Waals surface area (Å²) >= 11 is 0. The average Bonchev–Trinajstić information content (AvgIpc) is 2.65. The van der Waals surface area contributed by atoms with E-state index in [2.05, 4.69) is 19.3 Å². The third-order valence-electron chi connectivity index (χ3n) is 3.13. The summed E-state index contributed by atoms with van der Waals surface area (Å²) in [5.41, 5.74) is 10.3. The van der Waals surface area contributed by atoms with Crippen LogP contribution in [0.15, 0.2) is 24.3 Å². The Balaban J connectivity index is 0.